The fraction of sp³-hybridized carbons (Fsp3) is 0.846. The molecule has 1 heterocycles. The lowest BCUT2D eigenvalue weighted by atomic mass is 9.44. The molecule has 5 rings (SSSR count). The van der Waals surface area contributed by atoms with Crippen molar-refractivity contribution in [1.82, 2.24) is 9.78 Å². The molecule has 0 bridgehead atoms. The normalized spacial score (nSPS) is 46.8. The highest BCUT2D eigenvalue weighted by atomic mass is 32.2. The molecule has 4 fully saturated rings. The van der Waals surface area contributed by atoms with Gasteiger partial charge in [0.2, 0.25) is 0 Å². The third kappa shape index (κ3) is 3.53. The first-order valence-electron chi connectivity index (χ1n) is 12.5. The van der Waals surface area contributed by atoms with E-state index in [1.54, 1.807) is 11.8 Å². The molecule has 1 N–H and O–H groups in total. The summed E-state index contributed by atoms with van der Waals surface area (Å²) in [4.78, 5) is 14.5. The SMILES string of the molecule is CSc1cnn(CC(=O)[C@H]2CC[C@H]3[C@@H]4CC[C@@H]5C[C@](C)(O)CC[C@]5(C)[C@H]4CC[C@]23C)c1. The summed E-state index contributed by atoms with van der Waals surface area (Å²) in [5.41, 5.74) is 0.0860. The molecule has 0 unspecified atom stereocenters. The first-order valence-corrected chi connectivity index (χ1v) is 13.7. The number of carbonyl (C=O) groups excluding carboxylic acids is 1. The van der Waals surface area contributed by atoms with E-state index in [2.05, 4.69) is 18.9 Å². The van der Waals surface area contributed by atoms with Crippen LogP contribution in [0.1, 0.15) is 78.6 Å². The average Bonchev–Trinajstić information content (AvgIpc) is 3.31. The van der Waals surface area contributed by atoms with Crippen LogP contribution in [-0.4, -0.2) is 32.5 Å². The lowest BCUT2D eigenvalue weighted by molar-refractivity contribution is -0.151. The van der Waals surface area contributed by atoms with Crippen molar-refractivity contribution >= 4 is 17.5 Å². The Balaban J connectivity index is 1.33. The van der Waals surface area contributed by atoms with Crippen molar-refractivity contribution < 1.29 is 9.90 Å². The highest BCUT2D eigenvalue weighted by Crippen LogP contribution is 2.68. The number of aromatic nitrogens is 2. The molecule has 0 amide bonds. The van der Waals surface area contributed by atoms with Gasteiger partial charge < -0.3 is 5.11 Å². The van der Waals surface area contributed by atoms with Gasteiger partial charge in [-0.15, -0.1) is 11.8 Å². The standard InChI is InChI=1S/C26H40N2O2S/c1-24(30)11-12-25(2)17(13-24)5-6-19-20-7-8-22(26(20,3)10-9-21(19)25)23(29)16-28-15-18(31-4)14-27-28/h14-15,17,19-22,30H,5-13,16H2,1-4H3/t17-,19+,20+,21+,22-,24-,25+,26+/m1/s1. The molecule has 31 heavy (non-hydrogen) atoms. The van der Waals surface area contributed by atoms with Crippen LogP contribution in [0.3, 0.4) is 0 Å². The highest BCUT2D eigenvalue weighted by Gasteiger charge is 2.61. The van der Waals surface area contributed by atoms with E-state index in [9.17, 15) is 9.90 Å². The van der Waals surface area contributed by atoms with Gasteiger partial charge in [0.05, 0.1) is 18.3 Å². The summed E-state index contributed by atoms with van der Waals surface area (Å²) in [6, 6.07) is 0. The minimum absolute atomic E-state index is 0.164. The van der Waals surface area contributed by atoms with E-state index in [4.69, 9.17) is 0 Å². The van der Waals surface area contributed by atoms with Crippen LogP contribution < -0.4 is 0 Å². The van der Waals surface area contributed by atoms with E-state index < -0.39 is 5.60 Å². The largest absolute Gasteiger partial charge is 0.390 e. The van der Waals surface area contributed by atoms with Crippen molar-refractivity contribution in [3.05, 3.63) is 12.4 Å². The average molecular weight is 445 g/mol. The lowest BCUT2D eigenvalue weighted by Gasteiger charge is -2.61. The van der Waals surface area contributed by atoms with Gasteiger partial charge in [-0.2, -0.15) is 5.10 Å². The molecule has 1 aromatic heterocycles. The van der Waals surface area contributed by atoms with Gasteiger partial charge in [0, 0.05) is 17.0 Å². The fourth-order valence-electron chi connectivity index (χ4n) is 8.77. The highest BCUT2D eigenvalue weighted by molar-refractivity contribution is 7.98. The molecular formula is C26H40N2O2S. The number of aliphatic hydroxyl groups is 1. The van der Waals surface area contributed by atoms with Crippen LogP contribution in [0.15, 0.2) is 17.3 Å². The smallest absolute Gasteiger partial charge is 0.157 e. The molecule has 4 nitrogen and oxygen atoms in total. The molecule has 0 aliphatic heterocycles. The maximum absolute atomic E-state index is 13.4. The first kappa shape index (κ1) is 22.0. The summed E-state index contributed by atoms with van der Waals surface area (Å²) in [7, 11) is 0. The van der Waals surface area contributed by atoms with Crippen LogP contribution in [0.5, 0.6) is 0 Å². The fourth-order valence-corrected chi connectivity index (χ4v) is 9.15. The van der Waals surface area contributed by atoms with E-state index in [-0.39, 0.29) is 11.3 Å². The zero-order chi connectivity index (χ0) is 22.0. The van der Waals surface area contributed by atoms with E-state index in [0.29, 0.717) is 29.6 Å². The second kappa shape index (κ2) is 7.62. The summed E-state index contributed by atoms with van der Waals surface area (Å²) in [6.07, 6.45) is 16.4. The molecule has 4 saturated carbocycles. The number of carbonyl (C=O) groups is 1. The number of thioether (sulfide) groups is 1. The summed E-state index contributed by atoms with van der Waals surface area (Å²) in [5.74, 6) is 3.51. The Hall–Kier alpha value is -0.810. The second-order valence-corrected chi connectivity index (χ2v) is 13.0. The minimum Gasteiger partial charge on any atom is -0.390 e. The van der Waals surface area contributed by atoms with Gasteiger partial charge in [-0.25, -0.2) is 0 Å². The van der Waals surface area contributed by atoms with Crippen LogP contribution in [-0.2, 0) is 11.3 Å². The Bertz CT molecular complexity index is 850. The third-order valence-corrected chi connectivity index (χ3v) is 11.2. The van der Waals surface area contributed by atoms with Gasteiger partial charge >= 0.3 is 0 Å². The number of hydrogen-bond donors (Lipinski definition) is 1. The zero-order valence-electron chi connectivity index (χ0n) is 19.8. The summed E-state index contributed by atoms with van der Waals surface area (Å²) >= 11 is 1.68. The van der Waals surface area contributed by atoms with Crippen LogP contribution >= 0.6 is 11.8 Å². The molecule has 8 atom stereocenters. The third-order valence-electron chi connectivity index (χ3n) is 10.5. The van der Waals surface area contributed by atoms with Gasteiger partial charge in [-0.3, -0.25) is 9.48 Å². The molecule has 4 aliphatic carbocycles. The molecule has 0 saturated heterocycles. The molecule has 0 spiro atoms. The van der Waals surface area contributed by atoms with Crippen LogP contribution in [0, 0.1) is 40.4 Å². The van der Waals surface area contributed by atoms with Crippen molar-refractivity contribution in [2.75, 3.05) is 6.26 Å². The molecule has 172 valence electrons. The molecule has 0 aromatic carbocycles. The molecular weight excluding hydrogens is 404 g/mol. The van der Waals surface area contributed by atoms with Crippen molar-refractivity contribution in [3.63, 3.8) is 0 Å². The van der Waals surface area contributed by atoms with Crippen molar-refractivity contribution in [2.45, 2.75) is 95.6 Å². The number of nitrogens with zero attached hydrogens (tertiary/aromatic N) is 2. The number of ketones is 1. The molecule has 0 radical (unpaired) electrons. The van der Waals surface area contributed by atoms with Gasteiger partial charge in [0.15, 0.2) is 5.78 Å². The topological polar surface area (TPSA) is 55.1 Å². The van der Waals surface area contributed by atoms with Gasteiger partial charge in [-0.1, -0.05) is 13.8 Å². The minimum atomic E-state index is -0.465. The maximum Gasteiger partial charge on any atom is 0.157 e. The summed E-state index contributed by atoms with van der Waals surface area (Å²) < 4.78 is 1.84. The van der Waals surface area contributed by atoms with Crippen molar-refractivity contribution in [2.24, 2.45) is 40.4 Å². The van der Waals surface area contributed by atoms with Crippen molar-refractivity contribution in [1.29, 1.82) is 0 Å². The predicted octanol–water partition coefficient (Wildman–Crippen LogP) is 5.58. The van der Waals surface area contributed by atoms with Crippen molar-refractivity contribution in [3.8, 4) is 0 Å². The quantitative estimate of drug-likeness (QED) is 0.616. The Morgan fingerprint density at radius 3 is 2.61 bits per heavy atom. The Morgan fingerprint density at radius 2 is 1.87 bits per heavy atom. The first-order chi connectivity index (χ1) is 14.7. The summed E-state index contributed by atoms with van der Waals surface area (Å²) in [6.45, 7) is 7.47. The Kier molecular flexibility index (Phi) is 5.41. The monoisotopic (exact) mass is 444 g/mol. The lowest BCUT2D eigenvalue weighted by Crippen LogP contribution is -2.55. The van der Waals surface area contributed by atoms with E-state index in [1.807, 2.05) is 30.3 Å². The van der Waals surface area contributed by atoms with Crippen LogP contribution in [0.2, 0.25) is 0 Å². The summed E-state index contributed by atoms with van der Waals surface area (Å²) in [5, 5.41) is 15.1. The maximum atomic E-state index is 13.4. The molecule has 5 heteroatoms. The predicted molar refractivity (Wildman–Crippen MR) is 125 cm³/mol. The second-order valence-electron chi connectivity index (χ2n) is 12.1. The van der Waals surface area contributed by atoms with Crippen LogP contribution in [0.25, 0.3) is 0 Å². The number of hydrogen-bond acceptors (Lipinski definition) is 4. The number of fused-ring (bicyclic) bond motifs is 5. The number of Topliss-reactive ketones (excluding diaryl/α,β-unsaturated/α-hetero) is 1. The van der Waals surface area contributed by atoms with Gasteiger partial charge in [0.1, 0.15) is 0 Å². The zero-order valence-corrected chi connectivity index (χ0v) is 20.6. The van der Waals surface area contributed by atoms with E-state index in [1.165, 1.54) is 38.5 Å². The number of rotatable bonds is 4. The Morgan fingerprint density at radius 1 is 1.10 bits per heavy atom. The molecule has 1 aromatic rings. The Labute approximate surface area is 191 Å². The van der Waals surface area contributed by atoms with Gasteiger partial charge in [-0.05, 0) is 105 Å². The van der Waals surface area contributed by atoms with Gasteiger partial charge in [0.25, 0.3) is 0 Å². The van der Waals surface area contributed by atoms with Crippen LogP contribution in [0.4, 0.5) is 0 Å². The van der Waals surface area contributed by atoms with E-state index in [0.717, 1.165) is 36.0 Å². The molecule has 4 aliphatic rings. The van der Waals surface area contributed by atoms with E-state index >= 15 is 0 Å².